The average molecular weight is 308 g/mol. The first-order valence-corrected chi connectivity index (χ1v) is 8.71. The lowest BCUT2D eigenvalue weighted by Crippen LogP contribution is -2.32. The van der Waals surface area contributed by atoms with Gasteiger partial charge >= 0.3 is 6.03 Å². The molecule has 1 aliphatic rings. The van der Waals surface area contributed by atoms with Crippen molar-refractivity contribution in [1.82, 2.24) is 4.90 Å². The average Bonchev–Trinajstić information content (AvgIpc) is 2.91. The number of hydrogen-bond acceptors (Lipinski definition) is 2. The molecule has 1 aliphatic heterocycles. The van der Waals surface area contributed by atoms with Crippen LogP contribution in [0.2, 0.25) is 0 Å². The third-order valence-electron chi connectivity index (χ3n) is 3.55. The molecule has 1 atom stereocenters. The Balaban J connectivity index is 2.00. The van der Waals surface area contributed by atoms with Crippen LogP contribution in [0.5, 0.6) is 0 Å². The number of rotatable bonds is 3. The van der Waals surface area contributed by atoms with Crippen LogP contribution in [0.1, 0.15) is 39.2 Å². The topological polar surface area (TPSA) is 49.4 Å². The molecule has 116 valence electrons. The van der Waals surface area contributed by atoms with Crippen LogP contribution < -0.4 is 5.32 Å². The van der Waals surface area contributed by atoms with Crippen LogP contribution >= 0.6 is 0 Å². The van der Waals surface area contributed by atoms with E-state index < -0.39 is 10.8 Å². The van der Waals surface area contributed by atoms with Gasteiger partial charge in [-0.1, -0.05) is 12.1 Å². The van der Waals surface area contributed by atoms with Crippen molar-refractivity contribution in [1.29, 1.82) is 0 Å². The molecule has 1 saturated heterocycles. The second kappa shape index (κ2) is 6.60. The van der Waals surface area contributed by atoms with Crippen LogP contribution in [-0.2, 0) is 16.6 Å². The molecule has 0 unspecified atom stereocenters. The molecule has 1 fully saturated rings. The number of amides is 2. The predicted octanol–water partition coefficient (Wildman–Crippen LogP) is 3.36. The van der Waals surface area contributed by atoms with Crippen molar-refractivity contribution in [2.45, 2.75) is 44.1 Å². The van der Waals surface area contributed by atoms with E-state index in [1.54, 1.807) is 0 Å². The summed E-state index contributed by atoms with van der Waals surface area (Å²) < 4.78 is 12.0. The van der Waals surface area contributed by atoms with E-state index in [0.717, 1.165) is 37.2 Å². The number of hydrogen-bond donors (Lipinski definition) is 1. The highest BCUT2D eigenvalue weighted by Gasteiger charge is 2.20. The molecular weight excluding hydrogens is 284 g/mol. The Morgan fingerprint density at radius 2 is 1.95 bits per heavy atom. The third-order valence-corrected chi connectivity index (χ3v) is 5.51. The number of benzene rings is 1. The summed E-state index contributed by atoms with van der Waals surface area (Å²) in [5, 5.41) is 2.92. The quantitative estimate of drug-likeness (QED) is 0.931. The molecule has 21 heavy (non-hydrogen) atoms. The van der Waals surface area contributed by atoms with Crippen molar-refractivity contribution in [3.63, 3.8) is 0 Å². The summed E-state index contributed by atoms with van der Waals surface area (Å²) in [6, 6.07) is 7.60. The standard InChI is InChI=1S/C16H24N2O2S/c1-16(2,3)21(20)12-13-7-6-8-14(11-13)17-15(19)18-9-4-5-10-18/h6-8,11H,4-5,9-10,12H2,1-3H3,(H,17,19)/t21-/m1/s1. The van der Waals surface area contributed by atoms with Gasteiger partial charge in [0.25, 0.3) is 0 Å². The molecule has 1 N–H and O–H groups in total. The Labute approximate surface area is 129 Å². The van der Waals surface area contributed by atoms with Gasteiger partial charge in [-0.2, -0.15) is 0 Å². The Kier molecular flexibility index (Phi) is 5.04. The number of nitrogens with one attached hydrogen (secondary N) is 1. The summed E-state index contributed by atoms with van der Waals surface area (Å²) in [4.78, 5) is 13.9. The fraction of sp³-hybridized carbons (Fsp3) is 0.562. The van der Waals surface area contributed by atoms with Gasteiger partial charge in [0.05, 0.1) is 0 Å². The van der Waals surface area contributed by atoms with Crippen LogP contribution in [0.3, 0.4) is 0 Å². The maximum Gasteiger partial charge on any atom is 0.321 e. The van der Waals surface area contributed by atoms with Crippen LogP contribution in [0.25, 0.3) is 0 Å². The second-order valence-corrected chi connectivity index (χ2v) is 8.63. The zero-order valence-electron chi connectivity index (χ0n) is 13.0. The van der Waals surface area contributed by atoms with Crippen LogP contribution in [0.4, 0.5) is 10.5 Å². The summed E-state index contributed by atoms with van der Waals surface area (Å²) in [6.07, 6.45) is 2.16. The fourth-order valence-electron chi connectivity index (χ4n) is 2.23. The minimum Gasteiger partial charge on any atom is -0.325 e. The minimum absolute atomic E-state index is 0.0402. The summed E-state index contributed by atoms with van der Waals surface area (Å²) in [6.45, 7) is 7.59. The zero-order valence-corrected chi connectivity index (χ0v) is 13.8. The van der Waals surface area contributed by atoms with E-state index in [1.165, 1.54) is 0 Å². The number of urea groups is 1. The minimum atomic E-state index is -0.934. The first-order valence-electron chi connectivity index (χ1n) is 7.39. The Bertz CT molecular complexity index is 531. The van der Waals surface area contributed by atoms with Gasteiger partial charge in [0.2, 0.25) is 0 Å². The van der Waals surface area contributed by atoms with E-state index in [2.05, 4.69) is 5.32 Å². The van der Waals surface area contributed by atoms with Crippen molar-refractivity contribution in [3.8, 4) is 0 Å². The van der Waals surface area contributed by atoms with Gasteiger partial charge in [0.1, 0.15) is 0 Å². The predicted molar refractivity (Wildman–Crippen MR) is 87.9 cm³/mol. The van der Waals surface area contributed by atoms with Crippen LogP contribution in [0, 0.1) is 0 Å². The lowest BCUT2D eigenvalue weighted by molar-refractivity contribution is 0.222. The molecule has 0 aliphatic carbocycles. The lowest BCUT2D eigenvalue weighted by atomic mass is 10.2. The zero-order chi connectivity index (χ0) is 15.5. The molecule has 4 nitrogen and oxygen atoms in total. The van der Waals surface area contributed by atoms with E-state index in [-0.39, 0.29) is 10.8 Å². The maximum absolute atomic E-state index is 12.2. The highest BCUT2D eigenvalue weighted by atomic mass is 32.2. The summed E-state index contributed by atoms with van der Waals surface area (Å²) >= 11 is 0. The van der Waals surface area contributed by atoms with Gasteiger partial charge in [-0.15, -0.1) is 0 Å². The molecule has 1 aromatic rings. The summed E-state index contributed by atoms with van der Waals surface area (Å²) in [5.74, 6) is 0.511. The third kappa shape index (κ3) is 4.56. The SMILES string of the molecule is CC(C)(C)[S@](=O)Cc1cccc(NC(=O)N2CCCC2)c1. The Morgan fingerprint density at radius 1 is 1.29 bits per heavy atom. The molecule has 0 aromatic heterocycles. The number of carbonyl (C=O) groups is 1. The molecular formula is C16H24N2O2S. The lowest BCUT2D eigenvalue weighted by Gasteiger charge is -2.19. The molecule has 0 radical (unpaired) electrons. The van der Waals surface area contributed by atoms with Gasteiger partial charge in [-0.05, 0) is 51.3 Å². The first-order chi connectivity index (χ1) is 9.86. The highest BCUT2D eigenvalue weighted by Crippen LogP contribution is 2.19. The van der Waals surface area contributed by atoms with Crippen molar-refractivity contribution in [2.75, 3.05) is 18.4 Å². The fourth-order valence-corrected chi connectivity index (χ4v) is 3.14. The van der Waals surface area contributed by atoms with E-state index in [1.807, 2.05) is 49.9 Å². The van der Waals surface area contributed by atoms with E-state index in [9.17, 15) is 9.00 Å². The summed E-state index contributed by atoms with van der Waals surface area (Å²) in [7, 11) is -0.934. The van der Waals surface area contributed by atoms with Gasteiger partial charge in [-0.25, -0.2) is 4.79 Å². The van der Waals surface area contributed by atoms with Gasteiger partial charge in [-0.3, -0.25) is 4.21 Å². The van der Waals surface area contributed by atoms with Gasteiger partial charge in [0.15, 0.2) is 0 Å². The highest BCUT2D eigenvalue weighted by molar-refractivity contribution is 7.85. The van der Waals surface area contributed by atoms with Crippen molar-refractivity contribution < 1.29 is 9.00 Å². The largest absolute Gasteiger partial charge is 0.325 e. The number of nitrogens with zero attached hydrogens (tertiary/aromatic N) is 1. The second-order valence-electron chi connectivity index (χ2n) is 6.43. The maximum atomic E-state index is 12.2. The van der Waals surface area contributed by atoms with E-state index in [4.69, 9.17) is 0 Å². The molecule has 1 aromatic carbocycles. The number of anilines is 1. The monoisotopic (exact) mass is 308 g/mol. The van der Waals surface area contributed by atoms with E-state index >= 15 is 0 Å². The molecule has 0 spiro atoms. The smallest absolute Gasteiger partial charge is 0.321 e. The van der Waals surface area contributed by atoms with Gasteiger partial charge in [0, 0.05) is 40.1 Å². The van der Waals surface area contributed by atoms with Crippen LogP contribution in [-0.4, -0.2) is 33.0 Å². The number of carbonyl (C=O) groups excluding carboxylic acids is 1. The first kappa shape index (κ1) is 16.0. The van der Waals surface area contributed by atoms with Gasteiger partial charge < -0.3 is 10.2 Å². The Morgan fingerprint density at radius 3 is 2.57 bits per heavy atom. The number of likely N-dealkylation sites (tertiary alicyclic amines) is 1. The van der Waals surface area contributed by atoms with E-state index in [0.29, 0.717) is 5.75 Å². The van der Waals surface area contributed by atoms with Crippen molar-refractivity contribution >= 4 is 22.5 Å². The molecule has 0 bridgehead atoms. The molecule has 2 rings (SSSR count). The normalized spacial score (nSPS) is 16.8. The van der Waals surface area contributed by atoms with Crippen LogP contribution in [0.15, 0.2) is 24.3 Å². The van der Waals surface area contributed by atoms with Crippen molar-refractivity contribution in [3.05, 3.63) is 29.8 Å². The summed E-state index contributed by atoms with van der Waals surface area (Å²) in [5.41, 5.74) is 1.76. The molecule has 0 saturated carbocycles. The molecule has 2 amide bonds. The molecule has 1 heterocycles. The molecule has 5 heteroatoms. The van der Waals surface area contributed by atoms with Crippen molar-refractivity contribution in [2.24, 2.45) is 0 Å². The Hall–Kier alpha value is -1.36.